The molecular formula is C19H18N2O2. The van der Waals surface area contributed by atoms with Gasteiger partial charge in [-0.3, -0.25) is 4.79 Å². The summed E-state index contributed by atoms with van der Waals surface area (Å²) in [7, 11) is 0. The number of nitrogens with one attached hydrogen (secondary N) is 1. The number of aryl methyl sites for hydroxylation is 1. The minimum absolute atomic E-state index is 0.107. The van der Waals surface area contributed by atoms with Gasteiger partial charge in [-0.25, -0.2) is 0 Å². The van der Waals surface area contributed by atoms with E-state index in [1.54, 1.807) is 13.0 Å². The zero-order valence-corrected chi connectivity index (χ0v) is 13.1. The smallest absolute Gasteiger partial charge is 0.273 e. The summed E-state index contributed by atoms with van der Waals surface area (Å²) in [4.78, 5) is 12.1. The van der Waals surface area contributed by atoms with E-state index in [1.165, 1.54) is 5.56 Å². The summed E-state index contributed by atoms with van der Waals surface area (Å²) in [6.07, 6.45) is 0. The van der Waals surface area contributed by atoms with Crippen molar-refractivity contribution in [1.29, 1.82) is 0 Å². The van der Waals surface area contributed by atoms with E-state index >= 15 is 0 Å². The van der Waals surface area contributed by atoms with Crippen LogP contribution in [0.2, 0.25) is 0 Å². The molecule has 1 amide bonds. The maximum atomic E-state index is 12.1. The molecule has 0 saturated carbocycles. The Morgan fingerprint density at radius 2 is 1.70 bits per heavy atom. The Bertz CT molecular complexity index is 792. The summed E-state index contributed by atoms with van der Waals surface area (Å²) >= 11 is 0. The number of carbonyl (C=O) groups excluding carboxylic acids is 1. The average Bonchev–Trinajstić information content (AvgIpc) is 3.02. The van der Waals surface area contributed by atoms with Crippen LogP contribution in [-0.4, -0.2) is 11.1 Å². The molecule has 116 valence electrons. The topological polar surface area (TPSA) is 55.1 Å². The molecule has 0 aliphatic carbocycles. The monoisotopic (exact) mass is 306 g/mol. The molecule has 3 aromatic rings. The normalized spacial score (nSPS) is 11.9. The molecule has 2 aromatic carbocycles. The summed E-state index contributed by atoms with van der Waals surface area (Å²) in [5.74, 6) is 0.386. The number of nitrogens with zero attached hydrogens (tertiary/aromatic N) is 1. The third kappa shape index (κ3) is 3.48. The highest BCUT2D eigenvalue weighted by molar-refractivity contribution is 5.92. The van der Waals surface area contributed by atoms with Crippen LogP contribution in [0.4, 0.5) is 0 Å². The van der Waals surface area contributed by atoms with Gasteiger partial charge in [-0.2, -0.15) is 0 Å². The first kappa shape index (κ1) is 15.0. The van der Waals surface area contributed by atoms with Crippen LogP contribution in [0.15, 0.2) is 65.2 Å². The highest BCUT2D eigenvalue weighted by Crippen LogP contribution is 2.21. The van der Waals surface area contributed by atoms with E-state index in [0.29, 0.717) is 11.5 Å². The molecule has 1 aromatic heterocycles. The number of amides is 1. The van der Waals surface area contributed by atoms with E-state index in [4.69, 9.17) is 4.52 Å². The van der Waals surface area contributed by atoms with Gasteiger partial charge in [-0.05, 0) is 30.5 Å². The van der Waals surface area contributed by atoms with Gasteiger partial charge in [0.05, 0.1) is 6.04 Å². The Labute approximate surface area is 135 Å². The van der Waals surface area contributed by atoms with E-state index in [9.17, 15) is 4.79 Å². The van der Waals surface area contributed by atoms with Crippen LogP contribution in [0.25, 0.3) is 11.1 Å². The van der Waals surface area contributed by atoms with Gasteiger partial charge in [0, 0.05) is 6.07 Å². The summed E-state index contributed by atoms with van der Waals surface area (Å²) in [6, 6.07) is 19.9. The van der Waals surface area contributed by atoms with Crippen LogP contribution >= 0.6 is 0 Å². The first-order valence-electron chi connectivity index (χ1n) is 7.53. The van der Waals surface area contributed by atoms with Gasteiger partial charge >= 0.3 is 0 Å². The lowest BCUT2D eigenvalue weighted by atomic mass is 10.0. The minimum atomic E-state index is -0.235. The molecule has 3 rings (SSSR count). The third-order valence-corrected chi connectivity index (χ3v) is 3.73. The van der Waals surface area contributed by atoms with Crippen molar-refractivity contribution in [2.24, 2.45) is 0 Å². The second-order valence-corrected chi connectivity index (χ2v) is 5.51. The molecule has 1 heterocycles. The number of benzene rings is 2. The van der Waals surface area contributed by atoms with E-state index in [1.807, 2.05) is 37.3 Å². The molecule has 0 unspecified atom stereocenters. The molecular weight excluding hydrogens is 288 g/mol. The van der Waals surface area contributed by atoms with E-state index in [-0.39, 0.29) is 11.9 Å². The van der Waals surface area contributed by atoms with Gasteiger partial charge in [-0.15, -0.1) is 0 Å². The quantitative estimate of drug-likeness (QED) is 0.788. The van der Waals surface area contributed by atoms with E-state index in [2.05, 4.69) is 34.7 Å². The standard InChI is InChI=1S/C19H18N2O2/c1-13-12-18(21-23-13)19(22)20-14(2)15-8-10-17(11-9-15)16-6-4-3-5-7-16/h3-12,14H,1-2H3,(H,20,22)/t14-/m0/s1. The lowest BCUT2D eigenvalue weighted by Crippen LogP contribution is -2.26. The van der Waals surface area contributed by atoms with Gasteiger partial charge in [-0.1, -0.05) is 59.8 Å². The molecule has 0 fully saturated rings. The number of carbonyl (C=O) groups is 1. The number of hydrogen-bond donors (Lipinski definition) is 1. The molecule has 4 heteroatoms. The highest BCUT2D eigenvalue weighted by Gasteiger charge is 2.14. The third-order valence-electron chi connectivity index (χ3n) is 3.73. The van der Waals surface area contributed by atoms with E-state index in [0.717, 1.165) is 11.1 Å². The maximum absolute atomic E-state index is 12.1. The summed E-state index contributed by atoms with van der Waals surface area (Å²) in [5.41, 5.74) is 3.67. The minimum Gasteiger partial charge on any atom is -0.361 e. The summed E-state index contributed by atoms with van der Waals surface area (Å²) in [5, 5.41) is 6.65. The summed E-state index contributed by atoms with van der Waals surface area (Å²) < 4.78 is 4.93. The Hall–Kier alpha value is -2.88. The van der Waals surface area contributed by atoms with Crippen molar-refractivity contribution in [3.8, 4) is 11.1 Å². The summed E-state index contributed by atoms with van der Waals surface area (Å²) in [6.45, 7) is 3.71. The fraction of sp³-hybridized carbons (Fsp3) is 0.158. The largest absolute Gasteiger partial charge is 0.361 e. The predicted octanol–water partition coefficient (Wildman–Crippen LogP) is 4.14. The molecule has 23 heavy (non-hydrogen) atoms. The number of hydrogen-bond acceptors (Lipinski definition) is 3. The molecule has 0 aliphatic heterocycles. The Morgan fingerprint density at radius 1 is 1.04 bits per heavy atom. The van der Waals surface area contributed by atoms with Gasteiger partial charge in [0.15, 0.2) is 5.69 Å². The van der Waals surface area contributed by atoms with E-state index < -0.39 is 0 Å². The SMILES string of the molecule is Cc1cc(C(=O)N[C@@H](C)c2ccc(-c3ccccc3)cc2)no1. The fourth-order valence-electron chi connectivity index (χ4n) is 2.42. The van der Waals surface area contributed by atoms with Gasteiger partial charge < -0.3 is 9.84 Å². The van der Waals surface area contributed by atoms with Gasteiger partial charge in [0.1, 0.15) is 5.76 Å². The van der Waals surface area contributed by atoms with Crippen molar-refractivity contribution < 1.29 is 9.32 Å². The zero-order valence-electron chi connectivity index (χ0n) is 13.1. The molecule has 4 nitrogen and oxygen atoms in total. The molecule has 1 N–H and O–H groups in total. The van der Waals surface area contributed by atoms with Crippen LogP contribution in [0.5, 0.6) is 0 Å². The number of rotatable bonds is 4. The first-order chi connectivity index (χ1) is 11.1. The van der Waals surface area contributed by atoms with Crippen LogP contribution < -0.4 is 5.32 Å². The molecule has 0 aliphatic rings. The van der Waals surface area contributed by atoms with Crippen molar-refractivity contribution >= 4 is 5.91 Å². The Kier molecular flexibility index (Phi) is 4.24. The van der Waals surface area contributed by atoms with Crippen molar-refractivity contribution in [1.82, 2.24) is 10.5 Å². The van der Waals surface area contributed by atoms with Crippen LogP contribution in [-0.2, 0) is 0 Å². The zero-order chi connectivity index (χ0) is 16.2. The lowest BCUT2D eigenvalue weighted by molar-refractivity contribution is 0.0930. The van der Waals surface area contributed by atoms with Crippen molar-refractivity contribution in [3.63, 3.8) is 0 Å². The van der Waals surface area contributed by atoms with Crippen molar-refractivity contribution in [3.05, 3.63) is 77.7 Å². The van der Waals surface area contributed by atoms with Crippen LogP contribution in [0, 0.1) is 6.92 Å². The van der Waals surface area contributed by atoms with Gasteiger partial charge in [0.25, 0.3) is 5.91 Å². The number of aromatic nitrogens is 1. The predicted molar refractivity (Wildman–Crippen MR) is 89.0 cm³/mol. The second kappa shape index (κ2) is 6.48. The molecule has 0 bridgehead atoms. The maximum Gasteiger partial charge on any atom is 0.273 e. The molecule has 0 spiro atoms. The van der Waals surface area contributed by atoms with Crippen molar-refractivity contribution in [2.45, 2.75) is 19.9 Å². The fourth-order valence-corrected chi connectivity index (χ4v) is 2.42. The molecule has 1 atom stereocenters. The molecule has 0 radical (unpaired) electrons. The molecule has 0 saturated heterocycles. The Morgan fingerprint density at radius 3 is 2.30 bits per heavy atom. The van der Waals surface area contributed by atoms with Crippen LogP contribution in [0.3, 0.4) is 0 Å². The lowest BCUT2D eigenvalue weighted by Gasteiger charge is -2.14. The highest BCUT2D eigenvalue weighted by atomic mass is 16.5. The second-order valence-electron chi connectivity index (χ2n) is 5.51. The Balaban J connectivity index is 1.70. The van der Waals surface area contributed by atoms with Crippen LogP contribution in [0.1, 0.15) is 34.8 Å². The average molecular weight is 306 g/mol. The van der Waals surface area contributed by atoms with Crippen molar-refractivity contribution in [2.75, 3.05) is 0 Å². The first-order valence-corrected chi connectivity index (χ1v) is 7.53. The van der Waals surface area contributed by atoms with Gasteiger partial charge in [0.2, 0.25) is 0 Å².